The monoisotopic (exact) mass is 396 g/mol. The zero-order valence-electron chi connectivity index (χ0n) is 17.6. The number of carbonyl (C=O) groups excluding carboxylic acids is 2. The smallest absolute Gasteiger partial charge is 0.311 e. The minimum Gasteiger partial charge on any atom is -0.427 e. The molecule has 2 aromatic rings. The molecule has 0 unspecified atom stereocenters. The summed E-state index contributed by atoms with van der Waals surface area (Å²) < 4.78 is 10.7. The lowest BCUT2D eigenvalue weighted by atomic mass is 10.1. The summed E-state index contributed by atoms with van der Waals surface area (Å²) in [5, 5.41) is 0. The summed E-state index contributed by atoms with van der Waals surface area (Å²) in [6.07, 6.45) is 7.30. The summed E-state index contributed by atoms with van der Waals surface area (Å²) in [6.45, 7) is 4.18. The third-order valence-electron chi connectivity index (χ3n) is 4.89. The second-order valence-corrected chi connectivity index (χ2v) is 7.21. The van der Waals surface area contributed by atoms with E-state index < -0.39 is 0 Å². The fourth-order valence-corrected chi connectivity index (χ4v) is 3.02. The molecule has 0 saturated carbocycles. The molecule has 0 fully saturated rings. The van der Waals surface area contributed by atoms with Gasteiger partial charge in [0.15, 0.2) is 0 Å². The highest BCUT2D eigenvalue weighted by molar-refractivity contribution is 5.72. The Morgan fingerprint density at radius 1 is 0.586 bits per heavy atom. The first-order chi connectivity index (χ1) is 14.1. The standard InChI is InChI=1S/C25H32O4/c1-3-20-12-16-22(17-13-20)28-24(26)10-8-6-5-7-9-11-25(27)29-23-18-14-21(4-2)15-19-23/h12-19H,3-11H2,1-2H3. The predicted molar refractivity (Wildman–Crippen MR) is 115 cm³/mol. The average Bonchev–Trinajstić information content (AvgIpc) is 2.74. The van der Waals surface area contributed by atoms with Crippen molar-refractivity contribution in [3.63, 3.8) is 0 Å². The first-order valence-electron chi connectivity index (χ1n) is 10.7. The van der Waals surface area contributed by atoms with Crippen molar-refractivity contribution in [1.29, 1.82) is 0 Å². The van der Waals surface area contributed by atoms with Crippen LogP contribution in [0.5, 0.6) is 11.5 Å². The molecule has 0 amide bonds. The highest BCUT2D eigenvalue weighted by atomic mass is 16.5. The van der Waals surface area contributed by atoms with Gasteiger partial charge in [0.25, 0.3) is 0 Å². The highest BCUT2D eigenvalue weighted by Crippen LogP contribution is 2.16. The van der Waals surface area contributed by atoms with Crippen molar-refractivity contribution < 1.29 is 19.1 Å². The molecule has 29 heavy (non-hydrogen) atoms. The molecule has 2 rings (SSSR count). The fourth-order valence-electron chi connectivity index (χ4n) is 3.02. The molecule has 156 valence electrons. The lowest BCUT2D eigenvalue weighted by Crippen LogP contribution is -2.08. The van der Waals surface area contributed by atoms with Crippen molar-refractivity contribution in [2.45, 2.75) is 71.6 Å². The van der Waals surface area contributed by atoms with E-state index >= 15 is 0 Å². The number of hydrogen-bond donors (Lipinski definition) is 0. The van der Waals surface area contributed by atoms with Gasteiger partial charge in [-0.05, 0) is 61.1 Å². The van der Waals surface area contributed by atoms with E-state index in [-0.39, 0.29) is 11.9 Å². The number of esters is 2. The number of ether oxygens (including phenoxy) is 2. The van der Waals surface area contributed by atoms with Crippen LogP contribution < -0.4 is 9.47 Å². The highest BCUT2D eigenvalue weighted by Gasteiger charge is 2.06. The maximum absolute atomic E-state index is 11.9. The third-order valence-corrected chi connectivity index (χ3v) is 4.89. The SMILES string of the molecule is CCc1ccc(OC(=O)CCCCCCCC(=O)Oc2ccc(CC)cc2)cc1. The van der Waals surface area contributed by atoms with Gasteiger partial charge in [0, 0.05) is 12.8 Å². The van der Waals surface area contributed by atoms with E-state index in [9.17, 15) is 9.59 Å². The topological polar surface area (TPSA) is 52.6 Å². The van der Waals surface area contributed by atoms with Gasteiger partial charge in [-0.3, -0.25) is 9.59 Å². The molecule has 0 aliphatic carbocycles. The second-order valence-electron chi connectivity index (χ2n) is 7.21. The van der Waals surface area contributed by atoms with Gasteiger partial charge < -0.3 is 9.47 Å². The molecular weight excluding hydrogens is 364 g/mol. The van der Waals surface area contributed by atoms with Gasteiger partial charge in [-0.1, -0.05) is 57.4 Å². The van der Waals surface area contributed by atoms with Crippen molar-refractivity contribution >= 4 is 11.9 Å². The molecule has 0 heterocycles. The Morgan fingerprint density at radius 2 is 0.931 bits per heavy atom. The van der Waals surface area contributed by atoms with Crippen LogP contribution in [0, 0.1) is 0 Å². The largest absolute Gasteiger partial charge is 0.427 e. The zero-order chi connectivity index (χ0) is 20.9. The quantitative estimate of drug-likeness (QED) is 0.249. The number of carbonyl (C=O) groups is 2. The molecule has 4 nitrogen and oxygen atoms in total. The van der Waals surface area contributed by atoms with E-state index in [0.29, 0.717) is 24.3 Å². The molecule has 4 heteroatoms. The lowest BCUT2D eigenvalue weighted by molar-refractivity contribution is -0.135. The molecule has 0 aliphatic rings. The first-order valence-corrected chi connectivity index (χ1v) is 10.7. The normalized spacial score (nSPS) is 10.6. The molecule has 0 saturated heterocycles. The number of rotatable bonds is 12. The Bertz CT molecular complexity index is 682. The van der Waals surface area contributed by atoms with E-state index in [4.69, 9.17) is 9.47 Å². The van der Waals surface area contributed by atoms with Crippen molar-refractivity contribution in [3.8, 4) is 11.5 Å². The van der Waals surface area contributed by atoms with E-state index in [0.717, 1.165) is 44.9 Å². The lowest BCUT2D eigenvalue weighted by Gasteiger charge is -2.06. The summed E-state index contributed by atoms with van der Waals surface area (Å²) in [4.78, 5) is 23.8. The first kappa shape index (κ1) is 22.7. The molecule has 0 N–H and O–H groups in total. The summed E-state index contributed by atoms with van der Waals surface area (Å²) >= 11 is 0. The molecule has 0 aromatic heterocycles. The Morgan fingerprint density at radius 3 is 1.28 bits per heavy atom. The number of hydrogen-bond acceptors (Lipinski definition) is 4. The van der Waals surface area contributed by atoms with Crippen molar-refractivity contribution in [2.75, 3.05) is 0 Å². The van der Waals surface area contributed by atoms with Gasteiger partial charge in [0.05, 0.1) is 0 Å². The average molecular weight is 397 g/mol. The maximum atomic E-state index is 11.9. The minimum absolute atomic E-state index is 0.188. The molecular formula is C25H32O4. The van der Waals surface area contributed by atoms with Crippen LogP contribution >= 0.6 is 0 Å². The van der Waals surface area contributed by atoms with Crippen LogP contribution in [0.2, 0.25) is 0 Å². The Balaban J connectivity index is 1.50. The second kappa shape index (κ2) is 12.8. The van der Waals surface area contributed by atoms with E-state index in [1.54, 1.807) is 0 Å². The van der Waals surface area contributed by atoms with Crippen molar-refractivity contribution in [1.82, 2.24) is 0 Å². The summed E-state index contributed by atoms with van der Waals surface area (Å²) in [6, 6.07) is 15.3. The molecule has 0 spiro atoms. The Labute approximate surface area is 174 Å². The van der Waals surface area contributed by atoms with Gasteiger partial charge in [-0.2, -0.15) is 0 Å². The van der Waals surface area contributed by atoms with Gasteiger partial charge in [-0.15, -0.1) is 0 Å². The maximum Gasteiger partial charge on any atom is 0.311 e. The summed E-state index contributed by atoms with van der Waals surface area (Å²) in [5.41, 5.74) is 2.45. The summed E-state index contributed by atoms with van der Waals surface area (Å²) in [5.74, 6) is 0.837. The van der Waals surface area contributed by atoms with Gasteiger partial charge >= 0.3 is 11.9 Å². The van der Waals surface area contributed by atoms with Crippen LogP contribution in [0.3, 0.4) is 0 Å². The van der Waals surface area contributed by atoms with Crippen LogP contribution in [0.25, 0.3) is 0 Å². The fraction of sp³-hybridized carbons (Fsp3) is 0.440. The zero-order valence-corrected chi connectivity index (χ0v) is 17.6. The van der Waals surface area contributed by atoms with Gasteiger partial charge in [0.2, 0.25) is 0 Å². The number of aryl methyl sites for hydroxylation is 2. The van der Waals surface area contributed by atoms with Crippen LogP contribution in [0.15, 0.2) is 48.5 Å². The van der Waals surface area contributed by atoms with Gasteiger partial charge in [0.1, 0.15) is 11.5 Å². The van der Waals surface area contributed by atoms with E-state index in [2.05, 4.69) is 13.8 Å². The Kier molecular flexibility index (Phi) is 9.98. The van der Waals surface area contributed by atoms with Crippen molar-refractivity contribution in [2.24, 2.45) is 0 Å². The third kappa shape index (κ3) is 8.95. The van der Waals surface area contributed by atoms with Crippen LogP contribution in [-0.2, 0) is 22.4 Å². The van der Waals surface area contributed by atoms with Crippen LogP contribution in [0.4, 0.5) is 0 Å². The molecule has 0 bridgehead atoms. The molecule has 0 aliphatic heterocycles. The minimum atomic E-state index is -0.188. The van der Waals surface area contributed by atoms with E-state index in [1.807, 2.05) is 48.5 Å². The summed E-state index contributed by atoms with van der Waals surface area (Å²) in [7, 11) is 0. The number of unbranched alkanes of at least 4 members (excludes halogenated alkanes) is 4. The molecule has 0 atom stereocenters. The Hall–Kier alpha value is -2.62. The van der Waals surface area contributed by atoms with Crippen LogP contribution in [0.1, 0.15) is 69.9 Å². The van der Waals surface area contributed by atoms with Crippen LogP contribution in [-0.4, -0.2) is 11.9 Å². The molecule has 2 aromatic carbocycles. The van der Waals surface area contributed by atoms with E-state index in [1.165, 1.54) is 11.1 Å². The molecule has 0 radical (unpaired) electrons. The van der Waals surface area contributed by atoms with Gasteiger partial charge in [-0.25, -0.2) is 0 Å². The number of benzene rings is 2. The predicted octanol–water partition coefficient (Wildman–Crippen LogP) is 6.05. The van der Waals surface area contributed by atoms with Crippen molar-refractivity contribution in [3.05, 3.63) is 59.7 Å².